The Hall–Kier alpha value is -1.62. The van der Waals surface area contributed by atoms with Gasteiger partial charge in [-0.15, -0.1) is 0 Å². The molecule has 0 saturated heterocycles. The normalized spacial score (nSPS) is 17.5. The number of aromatic nitrogens is 1. The van der Waals surface area contributed by atoms with Crippen molar-refractivity contribution >= 4 is 11.6 Å². The molecule has 2 rings (SSSR count). The van der Waals surface area contributed by atoms with Crippen LogP contribution < -0.4 is 16.6 Å². The summed E-state index contributed by atoms with van der Waals surface area (Å²) in [6, 6.07) is 1.77. The van der Waals surface area contributed by atoms with E-state index in [0.717, 1.165) is 18.5 Å². The van der Waals surface area contributed by atoms with Gasteiger partial charge in [0.05, 0.1) is 11.3 Å². The van der Waals surface area contributed by atoms with Crippen molar-refractivity contribution in [1.82, 2.24) is 10.3 Å². The van der Waals surface area contributed by atoms with Crippen LogP contribution in [0.4, 0.5) is 5.69 Å². The smallest absolute Gasteiger partial charge is 0.255 e. The van der Waals surface area contributed by atoms with Crippen LogP contribution in [0.1, 0.15) is 48.7 Å². The van der Waals surface area contributed by atoms with Crippen molar-refractivity contribution in [2.45, 2.75) is 45.1 Å². The van der Waals surface area contributed by atoms with Crippen molar-refractivity contribution in [3.8, 4) is 0 Å². The summed E-state index contributed by atoms with van der Waals surface area (Å²) in [4.78, 5) is 16.4. The van der Waals surface area contributed by atoms with Crippen LogP contribution in [-0.2, 0) is 0 Å². The average molecular weight is 248 g/mol. The average Bonchev–Trinajstić information content (AvgIpc) is 2.75. The summed E-state index contributed by atoms with van der Waals surface area (Å²) < 4.78 is 0. The second-order valence-electron chi connectivity index (χ2n) is 5.24. The number of nitrogens with one attached hydrogen (secondary N) is 2. The van der Waals surface area contributed by atoms with Crippen molar-refractivity contribution < 1.29 is 4.79 Å². The third-order valence-corrected chi connectivity index (χ3v) is 3.56. The predicted octanol–water partition coefficient (Wildman–Crippen LogP) is 1.74. The molecule has 98 valence electrons. The van der Waals surface area contributed by atoms with Crippen LogP contribution in [0.3, 0.4) is 0 Å². The first-order chi connectivity index (χ1) is 8.54. The van der Waals surface area contributed by atoms with Crippen LogP contribution >= 0.6 is 0 Å². The third-order valence-electron chi connectivity index (χ3n) is 3.56. The molecule has 5 heteroatoms. The topological polar surface area (TPSA) is 80.0 Å². The molecule has 0 radical (unpaired) electrons. The maximum atomic E-state index is 12.3. The molecule has 1 aromatic heterocycles. The van der Waals surface area contributed by atoms with Crippen molar-refractivity contribution in [2.24, 2.45) is 5.84 Å². The number of aryl methyl sites for hydroxylation is 1. The molecule has 1 aromatic rings. The maximum absolute atomic E-state index is 12.3. The largest absolute Gasteiger partial charge is 0.347 e. The molecule has 0 unspecified atom stereocenters. The van der Waals surface area contributed by atoms with Gasteiger partial charge in [-0.1, -0.05) is 12.8 Å². The SMILES string of the molecule is Cc1cc(NN)c(C(=O)NC2(C)CCCC2)cn1. The molecule has 1 saturated carbocycles. The van der Waals surface area contributed by atoms with E-state index in [-0.39, 0.29) is 11.4 Å². The van der Waals surface area contributed by atoms with Crippen LogP contribution in [0.25, 0.3) is 0 Å². The summed E-state index contributed by atoms with van der Waals surface area (Å²) in [6.07, 6.45) is 5.97. The summed E-state index contributed by atoms with van der Waals surface area (Å²) in [5.74, 6) is 5.33. The number of nitrogens with two attached hydrogens (primary N) is 1. The van der Waals surface area contributed by atoms with Crippen molar-refractivity contribution in [2.75, 3.05) is 5.43 Å². The van der Waals surface area contributed by atoms with E-state index in [1.165, 1.54) is 12.8 Å². The molecule has 0 bridgehead atoms. The minimum atomic E-state index is -0.111. The first-order valence-corrected chi connectivity index (χ1v) is 6.30. The Morgan fingerprint density at radius 1 is 1.44 bits per heavy atom. The van der Waals surface area contributed by atoms with Crippen molar-refractivity contribution in [3.05, 3.63) is 23.5 Å². The third kappa shape index (κ3) is 2.61. The molecule has 0 atom stereocenters. The van der Waals surface area contributed by atoms with Crippen LogP contribution in [-0.4, -0.2) is 16.4 Å². The van der Waals surface area contributed by atoms with Gasteiger partial charge in [0.1, 0.15) is 0 Å². The zero-order chi connectivity index (χ0) is 13.2. The molecule has 1 aliphatic carbocycles. The number of nitrogens with zero attached hydrogens (tertiary/aromatic N) is 1. The number of carbonyl (C=O) groups is 1. The highest BCUT2D eigenvalue weighted by molar-refractivity contribution is 5.99. The lowest BCUT2D eigenvalue weighted by Gasteiger charge is -2.25. The van der Waals surface area contributed by atoms with Gasteiger partial charge >= 0.3 is 0 Å². The van der Waals surface area contributed by atoms with Gasteiger partial charge < -0.3 is 10.7 Å². The standard InChI is InChI=1S/C13H20N4O/c1-9-7-11(17-14)10(8-15-9)12(18)16-13(2)5-3-4-6-13/h7-8H,3-6,14H2,1-2H3,(H,15,17)(H,16,18). The second-order valence-corrected chi connectivity index (χ2v) is 5.24. The lowest BCUT2D eigenvalue weighted by atomic mass is 10.00. The van der Waals surface area contributed by atoms with Crippen molar-refractivity contribution in [3.63, 3.8) is 0 Å². The quantitative estimate of drug-likeness (QED) is 0.562. The molecule has 1 amide bonds. The number of hydrazine groups is 1. The first-order valence-electron chi connectivity index (χ1n) is 6.30. The van der Waals surface area contributed by atoms with E-state index in [0.29, 0.717) is 11.3 Å². The van der Waals surface area contributed by atoms with Gasteiger partial charge in [0.2, 0.25) is 0 Å². The maximum Gasteiger partial charge on any atom is 0.255 e. The van der Waals surface area contributed by atoms with E-state index in [4.69, 9.17) is 5.84 Å². The Kier molecular flexibility index (Phi) is 3.52. The number of anilines is 1. The van der Waals surface area contributed by atoms with E-state index in [1.807, 2.05) is 6.92 Å². The number of hydrogen-bond donors (Lipinski definition) is 3. The molecule has 1 heterocycles. The fourth-order valence-corrected chi connectivity index (χ4v) is 2.48. The Morgan fingerprint density at radius 2 is 2.11 bits per heavy atom. The number of hydrogen-bond acceptors (Lipinski definition) is 4. The summed E-state index contributed by atoms with van der Waals surface area (Å²) >= 11 is 0. The van der Waals surface area contributed by atoms with Crippen LogP contribution in [0.5, 0.6) is 0 Å². The highest BCUT2D eigenvalue weighted by atomic mass is 16.1. The first kappa shape index (κ1) is 12.8. The van der Waals surface area contributed by atoms with Gasteiger partial charge in [0.15, 0.2) is 0 Å². The Balaban J connectivity index is 2.18. The lowest BCUT2D eigenvalue weighted by Crippen LogP contribution is -2.43. The molecule has 0 aliphatic heterocycles. The van der Waals surface area contributed by atoms with Gasteiger partial charge in [-0.3, -0.25) is 15.6 Å². The highest BCUT2D eigenvalue weighted by Crippen LogP contribution is 2.29. The summed E-state index contributed by atoms with van der Waals surface area (Å²) in [5.41, 5.74) is 4.40. The molecule has 0 aromatic carbocycles. The number of carbonyl (C=O) groups excluding carboxylic acids is 1. The fourth-order valence-electron chi connectivity index (χ4n) is 2.48. The van der Waals surface area contributed by atoms with E-state index in [1.54, 1.807) is 12.3 Å². The molecule has 1 fully saturated rings. The Morgan fingerprint density at radius 3 is 2.72 bits per heavy atom. The number of nitrogen functional groups attached to an aromatic ring is 1. The second kappa shape index (κ2) is 4.94. The monoisotopic (exact) mass is 248 g/mol. The summed E-state index contributed by atoms with van der Waals surface area (Å²) in [6.45, 7) is 3.95. The molecule has 5 nitrogen and oxygen atoms in total. The molecule has 1 aliphatic rings. The Labute approximate surface area is 107 Å². The van der Waals surface area contributed by atoms with Gasteiger partial charge in [-0.05, 0) is 32.8 Å². The molecule has 0 spiro atoms. The molecular formula is C13H20N4O. The zero-order valence-electron chi connectivity index (χ0n) is 10.9. The van der Waals surface area contributed by atoms with E-state index < -0.39 is 0 Å². The minimum absolute atomic E-state index is 0.0894. The van der Waals surface area contributed by atoms with E-state index in [2.05, 4.69) is 22.7 Å². The van der Waals surface area contributed by atoms with Gasteiger partial charge in [-0.2, -0.15) is 0 Å². The summed E-state index contributed by atoms with van der Waals surface area (Å²) in [5, 5.41) is 3.09. The van der Waals surface area contributed by atoms with Gasteiger partial charge in [-0.25, -0.2) is 0 Å². The van der Waals surface area contributed by atoms with Crippen LogP contribution in [0, 0.1) is 6.92 Å². The minimum Gasteiger partial charge on any atom is -0.347 e. The van der Waals surface area contributed by atoms with E-state index in [9.17, 15) is 4.79 Å². The van der Waals surface area contributed by atoms with Crippen molar-refractivity contribution in [1.29, 1.82) is 0 Å². The summed E-state index contributed by atoms with van der Waals surface area (Å²) in [7, 11) is 0. The highest BCUT2D eigenvalue weighted by Gasteiger charge is 2.31. The predicted molar refractivity (Wildman–Crippen MR) is 71.1 cm³/mol. The molecular weight excluding hydrogens is 228 g/mol. The number of pyridine rings is 1. The van der Waals surface area contributed by atoms with Crippen LogP contribution in [0.2, 0.25) is 0 Å². The van der Waals surface area contributed by atoms with Gasteiger partial charge in [0, 0.05) is 17.4 Å². The molecule has 18 heavy (non-hydrogen) atoms. The Bertz CT molecular complexity index is 452. The van der Waals surface area contributed by atoms with Crippen LogP contribution in [0.15, 0.2) is 12.3 Å². The number of amides is 1. The zero-order valence-corrected chi connectivity index (χ0v) is 10.9. The van der Waals surface area contributed by atoms with E-state index >= 15 is 0 Å². The number of rotatable bonds is 3. The lowest BCUT2D eigenvalue weighted by molar-refractivity contribution is 0.0908. The van der Waals surface area contributed by atoms with Gasteiger partial charge in [0.25, 0.3) is 5.91 Å². The fraction of sp³-hybridized carbons (Fsp3) is 0.538. The molecule has 4 N–H and O–H groups in total.